The van der Waals surface area contributed by atoms with Crippen molar-refractivity contribution in [3.05, 3.63) is 39.9 Å². The van der Waals surface area contributed by atoms with E-state index in [1.807, 2.05) is 19.1 Å². The summed E-state index contributed by atoms with van der Waals surface area (Å²) in [5.74, 6) is 4.20. The Balaban J connectivity index is 1.69. The highest BCUT2D eigenvalue weighted by Crippen LogP contribution is 2.19. The largest absolute Gasteiger partial charge is 0.354 e. The minimum atomic E-state index is -0.102. The van der Waals surface area contributed by atoms with Gasteiger partial charge in [0.05, 0.1) is 0 Å². The molecule has 6 nitrogen and oxygen atoms in total. The molecule has 1 aliphatic rings. The number of nitrogens with one attached hydrogen (secondary N) is 1. The first-order valence-corrected chi connectivity index (χ1v) is 8.53. The first kappa shape index (κ1) is 17.2. The van der Waals surface area contributed by atoms with Crippen LogP contribution in [0.5, 0.6) is 0 Å². The fraction of sp³-hybridized carbons (Fsp3) is 0.421. The molecule has 1 fully saturated rings. The molecule has 130 valence electrons. The van der Waals surface area contributed by atoms with E-state index in [2.05, 4.69) is 30.7 Å². The zero-order valence-electron chi connectivity index (χ0n) is 14.7. The van der Waals surface area contributed by atoms with Crippen molar-refractivity contribution in [1.82, 2.24) is 19.9 Å². The van der Waals surface area contributed by atoms with Crippen molar-refractivity contribution in [3.8, 4) is 23.7 Å². The standard InChI is InChI=1S/C19H23N5O/c1-4-5-8-23-9-11-24(12-10-23)17-7-6-16(13-20-17)18-21-15(3)14(2)19(25)22-18/h1,6-7,13H,5,8-12H2,2-3H3,(H,21,22,25). The Morgan fingerprint density at radius 1 is 1.24 bits per heavy atom. The third kappa shape index (κ3) is 3.89. The molecule has 2 aromatic rings. The highest BCUT2D eigenvalue weighted by Gasteiger charge is 2.17. The Labute approximate surface area is 147 Å². The van der Waals surface area contributed by atoms with E-state index in [1.165, 1.54) is 0 Å². The maximum atomic E-state index is 11.9. The van der Waals surface area contributed by atoms with Crippen LogP contribution >= 0.6 is 0 Å². The zero-order chi connectivity index (χ0) is 17.8. The van der Waals surface area contributed by atoms with Gasteiger partial charge in [0.15, 0.2) is 0 Å². The number of aromatic amines is 1. The lowest BCUT2D eigenvalue weighted by Gasteiger charge is -2.35. The van der Waals surface area contributed by atoms with Gasteiger partial charge in [-0.3, -0.25) is 9.69 Å². The summed E-state index contributed by atoms with van der Waals surface area (Å²) in [6.45, 7) is 8.45. The fourth-order valence-electron chi connectivity index (χ4n) is 2.92. The van der Waals surface area contributed by atoms with Crippen LogP contribution in [0, 0.1) is 26.2 Å². The van der Waals surface area contributed by atoms with Crippen molar-refractivity contribution in [3.63, 3.8) is 0 Å². The van der Waals surface area contributed by atoms with E-state index in [4.69, 9.17) is 6.42 Å². The van der Waals surface area contributed by atoms with Crippen molar-refractivity contribution in [2.24, 2.45) is 0 Å². The van der Waals surface area contributed by atoms with Gasteiger partial charge in [-0.15, -0.1) is 12.3 Å². The van der Waals surface area contributed by atoms with Crippen molar-refractivity contribution in [2.75, 3.05) is 37.6 Å². The van der Waals surface area contributed by atoms with Gasteiger partial charge in [-0.05, 0) is 26.0 Å². The fourth-order valence-corrected chi connectivity index (χ4v) is 2.92. The average Bonchev–Trinajstić information content (AvgIpc) is 2.64. The van der Waals surface area contributed by atoms with Gasteiger partial charge in [0, 0.05) is 62.2 Å². The zero-order valence-corrected chi connectivity index (χ0v) is 14.7. The maximum Gasteiger partial charge on any atom is 0.254 e. The van der Waals surface area contributed by atoms with Crippen molar-refractivity contribution in [2.45, 2.75) is 20.3 Å². The van der Waals surface area contributed by atoms with Gasteiger partial charge in [0.25, 0.3) is 5.56 Å². The second kappa shape index (κ2) is 7.49. The van der Waals surface area contributed by atoms with Crippen molar-refractivity contribution >= 4 is 5.82 Å². The van der Waals surface area contributed by atoms with Crippen LogP contribution in [0.25, 0.3) is 11.4 Å². The van der Waals surface area contributed by atoms with Gasteiger partial charge in [-0.1, -0.05) is 0 Å². The van der Waals surface area contributed by atoms with Crippen LogP contribution in [0.3, 0.4) is 0 Å². The Bertz CT molecular complexity index is 826. The number of anilines is 1. The van der Waals surface area contributed by atoms with E-state index in [0.717, 1.165) is 56.2 Å². The van der Waals surface area contributed by atoms with Crippen LogP contribution in [0.1, 0.15) is 17.7 Å². The number of H-pyrrole nitrogens is 1. The molecular formula is C19H23N5O. The number of rotatable bonds is 4. The molecule has 0 aromatic carbocycles. The highest BCUT2D eigenvalue weighted by atomic mass is 16.1. The lowest BCUT2D eigenvalue weighted by molar-refractivity contribution is 0.263. The molecule has 0 aliphatic carbocycles. The number of nitrogens with zero attached hydrogens (tertiary/aromatic N) is 4. The number of hydrogen-bond donors (Lipinski definition) is 1. The van der Waals surface area contributed by atoms with Gasteiger partial charge in [-0.25, -0.2) is 9.97 Å². The lowest BCUT2D eigenvalue weighted by atomic mass is 10.2. The molecule has 2 aromatic heterocycles. The normalized spacial score (nSPS) is 15.2. The monoisotopic (exact) mass is 337 g/mol. The molecule has 3 heterocycles. The smallest absolute Gasteiger partial charge is 0.254 e. The van der Waals surface area contributed by atoms with Gasteiger partial charge >= 0.3 is 0 Å². The molecule has 0 radical (unpaired) electrons. The van der Waals surface area contributed by atoms with Gasteiger partial charge < -0.3 is 9.88 Å². The van der Waals surface area contributed by atoms with Crippen molar-refractivity contribution < 1.29 is 0 Å². The van der Waals surface area contributed by atoms with E-state index < -0.39 is 0 Å². The Hall–Kier alpha value is -2.65. The van der Waals surface area contributed by atoms with Crippen LogP contribution < -0.4 is 10.5 Å². The summed E-state index contributed by atoms with van der Waals surface area (Å²) in [4.78, 5) is 28.4. The Morgan fingerprint density at radius 3 is 2.60 bits per heavy atom. The molecule has 0 atom stereocenters. The summed E-state index contributed by atoms with van der Waals surface area (Å²) < 4.78 is 0. The third-order valence-electron chi connectivity index (χ3n) is 4.68. The van der Waals surface area contributed by atoms with Gasteiger partial charge in [0.1, 0.15) is 11.6 Å². The van der Waals surface area contributed by atoms with Crippen LogP contribution in [-0.2, 0) is 0 Å². The predicted molar refractivity (Wildman–Crippen MR) is 99.7 cm³/mol. The summed E-state index contributed by atoms with van der Waals surface area (Å²) >= 11 is 0. The predicted octanol–water partition coefficient (Wildman–Crippen LogP) is 1.59. The third-order valence-corrected chi connectivity index (χ3v) is 4.68. The summed E-state index contributed by atoms with van der Waals surface area (Å²) in [6.07, 6.45) is 7.90. The number of pyridine rings is 1. The molecule has 6 heteroatoms. The van der Waals surface area contributed by atoms with Crippen LogP contribution in [0.15, 0.2) is 23.1 Å². The van der Waals surface area contributed by atoms with Crippen LogP contribution in [0.4, 0.5) is 5.82 Å². The minimum absolute atomic E-state index is 0.102. The van der Waals surface area contributed by atoms with Crippen LogP contribution in [0.2, 0.25) is 0 Å². The Kier molecular flexibility index (Phi) is 5.15. The summed E-state index contributed by atoms with van der Waals surface area (Å²) in [5.41, 5.74) is 2.10. The molecule has 0 unspecified atom stereocenters. The lowest BCUT2D eigenvalue weighted by Crippen LogP contribution is -2.46. The summed E-state index contributed by atoms with van der Waals surface area (Å²) in [5, 5.41) is 0. The number of aryl methyl sites for hydroxylation is 1. The molecule has 1 N–H and O–H groups in total. The summed E-state index contributed by atoms with van der Waals surface area (Å²) in [6, 6.07) is 3.95. The maximum absolute atomic E-state index is 11.9. The second-order valence-electron chi connectivity index (χ2n) is 6.31. The van der Waals surface area contributed by atoms with Gasteiger partial charge in [-0.2, -0.15) is 0 Å². The second-order valence-corrected chi connectivity index (χ2v) is 6.31. The molecule has 0 saturated carbocycles. The van der Waals surface area contributed by atoms with E-state index in [-0.39, 0.29) is 5.56 Å². The quantitative estimate of drug-likeness (QED) is 0.859. The number of terminal acetylenes is 1. The molecule has 25 heavy (non-hydrogen) atoms. The molecule has 0 bridgehead atoms. The topological polar surface area (TPSA) is 65.1 Å². The van der Waals surface area contributed by atoms with E-state index in [1.54, 1.807) is 13.1 Å². The van der Waals surface area contributed by atoms with Crippen molar-refractivity contribution in [1.29, 1.82) is 0 Å². The first-order chi connectivity index (χ1) is 12.1. The average molecular weight is 337 g/mol. The van der Waals surface area contributed by atoms with Gasteiger partial charge in [0.2, 0.25) is 0 Å². The number of hydrogen-bond acceptors (Lipinski definition) is 5. The molecular weight excluding hydrogens is 314 g/mol. The molecule has 1 saturated heterocycles. The Morgan fingerprint density at radius 2 is 2.00 bits per heavy atom. The van der Waals surface area contributed by atoms with Crippen LogP contribution in [-0.4, -0.2) is 52.6 Å². The molecule has 3 rings (SSSR count). The van der Waals surface area contributed by atoms with E-state index in [0.29, 0.717) is 11.4 Å². The SMILES string of the molecule is C#CCCN1CCN(c2ccc(-c3nc(C)c(C)c(=O)[nH]3)cn2)CC1. The minimum Gasteiger partial charge on any atom is -0.354 e. The molecule has 0 amide bonds. The number of piperazine rings is 1. The number of aromatic nitrogens is 3. The van der Waals surface area contributed by atoms with E-state index >= 15 is 0 Å². The summed E-state index contributed by atoms with van der Waals surface area (Å²) in [7, 11) is 0. The molecule has 0 spiro atoms. The highest BCUT2D eigenvalue weighted by molar-refractivity contribution is 5.56. The van der Waals surface area contributed by atoms with E-state index in [9.17, 15) is 4.79 Å². The molecule has 1 aliphatic heterocycles. The first-order valence-electron chi connectivity index (χ1n) is 8.53.